The molecule has 1 aliphatic heterocycles. The highest BCUT2D eigenvalue weighted by atomic mass is 35.5. The summed E-state index contributed by atoms with van der Waals surface area (Å²) in [6, 6.07) is -0.884. The number of hydrogen-bond acceptors (Lipinski definition) is 6. The number of rotatable bonds is 5. The summed E-state index contributed by atoms with van der Waals surface area (Å²) in [4.78, 5) is 12.3. The number of amides is 1. The lowest BCUT2D eigenvalue weighted by atomic mass is 9.94. The van der Waals surface area contributed by atoms with Crippen LogP contribution >= 0.6 is 12.4 Å². The van der Waals surface area contributed by atoms with E-state index >= 15 is 0 Å². The molecule has 2 heterocycles. The fourth-order valence-corrected chi connectivity index (χ4v) is 4.23. The minimum absolute atomic E-state index is 0. The quantitative estimate of drug-likeness (QED) is 0.685. The lowest BCUT2D eigenvalue weighted by molar-refractivity contribution is -0.123. The molecule has 2 rings (SSSR count). The molecule has 1 fully saturated rings. The maximum Gasteiger partial charge on any atom is 0.246 e. The van der Waals surface area contributed by atoms with E-state index in [0.29, 0.717) is 12.5 Å². The van der Waals surface area contributed by atoms with Crippen LogP contribution in [-0.4, -0.2) is 44.7 Å². The van der Waals surface area contributed by atoms with Gasteiger partial charge in [-0.15, -0.1) is 12.4 Å². The summed E-state index contributed by atoms with van der Waals surface area (Å²) < 4.78 is 32.1. The Labute approximate surface area is 148 Å². The highest BCUT2D eigenvalue weighted by Crippen LogP contribution is 2.19. The van der Waals surface area contributed by atoms with Gasteiger partial charge in [-0.3, -0.25) is 4.79 Å². The number of aromatic nitrogens is 1. The molecule has 1 aromatic heterocycles. The Bertz CT molecular complexity index is 657. The third kappa shape index (κ3) is 4.69. The van der Waals surface area contributed by atoms with E-state index < -0.39 is 16.1 Å². The van der Waals surface area contributed by atoms with Gasteiger partial charge < -0.3 is 15.2 Å². The predicted octanol–water partition coefficient (Wildman–Crippen LogP) is 0.494. The lowest BCUT2D eigenvalue weighted by Gasteiger charge is -2.31. The largest absolute Gasteiger partial charge is 0.360 e. The van der Waals surface area contributed by atoms with Crippen LogP contribution in [0, 0.1) is 19.8 Å². The molecule has 3 atom stereocenters. The molecule has 1 amide bonds. The molecule has 1 aliphatic rings. The summed E-state index contributed by atoms with van der Waals surface area (Å²) in [6.07, 6.45) is 0.976. The number of sulfonamides is 1. The zero-order valence-corrected chi connectivity index (χ0v) is 15.9. The summed E-state index contributed by atoms with van der Waals surface area (Å²) in [7, 11) is -3.86. The van der Waals surface area contributed by atoms with Gasteiger partial charge in [0.25, 0.3) is 0 Å². The van der Waals surface area contributed by atoms with Crippen molar-refractivity contribution < 1.29 is 17.7 Å². The maximum atomic E-state index is 12.4. The molecule has 24 heavy (non-hydrogen) atoms. The minimum atomic E-state index is -3.86. The number of nitrogens with one attached hydrogen (secondary N) is 3. The molecule has 8 nitrogen and oxygen atoms in total. The van der Waals surface area contributed by atoms with Crippen molar-refractivity contribution in [2.45, 2.75) is 51.1 Å². The summed E-state index contributed by atoms with van der Waals surface area (Å²) in [5, 5.41) is 9.75. The Kier molecular flexibility index (Phi) is 7.21. The Morgan fingerprint density at radius 1 is 1.42 bits per heavy atom. The zero-order chi connectivity index (χ0) is 17.2. The third-order valence-corrected chi connectivity index (χ3v) is 5.90. The van der Waals surface area contributed by atoms with Gasteiger partial charge in [0.1, 0.15) is 10.6 Å². The standard InChI is InChI=1S/C14H24N4O4S.ClH/c1-8-5-6-15-7-12(8)16-14(19)10(3)18-23(20,21)13-9(2)17-22-11(13)4;/h8,10,12,15,18H,5-7H2,1-4H3,(H,16,19);1H. The van der Waals surface area contributed by atoms with Gasteiger partial charge in [-0.1, -0.05) is 12.1 Å². The van der Waals surface area contributed by atoms with E-state index in [2.05, 4.69) is 27.4 Å². The van der Waals surface area contributed by atoms with Gasteiger partial charge in [0, 0.05) is 12.6 Å². The summed E-state index contributed by atoms with van der Waals surface area (Å²) in [5.41, 5.74) is 0.271. The number of piperidine rings is 1. The maximum absolute atomic E-state index is 12.4. The molecule has 0 bridgehead atoms. The van der Waals surface area contributed by atoms with Crippen LogP contribution in [0.1, 0.15) is 31.7 Å². The van der Waals surface area contributed by atoms with Crippen molar-refractivity contribution in [3.63, 3.8) is 0 Å². The van der Waals surface area contributed by atoms with Crippen LogP contribution in [0.15, 0.2) is 9.42 Å². The average molecular weight is 381 g/mol. The van der Waals surface area contributed by atoms with E-state index in [-0.39, 0.29) is 40.7 Å². The average Bonchev–Trinajstić information content (AvgIpc) is 2.80. The van der Waals surface area contributed by atoms with Crippen molar-refractivity contribution in [2.75, 3.05) is 13.1 Å². The van der Waals surface area contributed by atoms with E-state index in [1.54, 1.807) is 6.92 Å². The molecule has 0 saturated carbocycles. The number of aryl methyl sites for hydroxylation is 2. The van der Waals surface area contributed by atoms with Crippen molar-refractivity contribution in [1.82, 2.24) is 20.5 Å². The number of carbonyl (C=O) groups excluding carboxylic acids is 1. The number of hydrogen-bond donors (Lipinski definition) is 3. The second-order valence-electron chi connectivity index (χ2n) is 6.08. The predicted molar refractivity (Wildman–Crippen MR) is 91.6 cm³/mol. The molecule has 10 heteroatoms. The van der Waals surface area contributed by atoms with Crippen LogP contribution in [0.5, 0.6) is 0 Å². The third-order valence-electron chi connectivity index (χ3n) is 4.12. The van der Waals surface area contributed by atoms with Crippen molar-refractivity contribution in [2.24, 2.45) is 5.92 Å². The minimum Gasteiger partial charge on any atom is -0.360 e. The number of carbonyl (C=O) groups is 1. The molecule has 3 N–H and O–H groups in total. The molecule has 1 aromatic rings. The fourth-order valence-electron chi connectivity index (χ4n) is 2.69. The van der Waals surface area contributed by atoms with Gasteiger partial charge >= 0.3 is 0 Å². The first kappa shape index (κ1) is 20.9. The van der Waals surface area contributed by atoms with Gasteiger partial charge in [0.15, 0.2) is 5.76 Å². The van der Waals surface area contributed by atoms with Crippen molar-refractivity contribution in [3.05, 3.63) is 11.5 Å². The SMILES string of the molecule is Cc1noc(C)c1S(=O)(=O)NC(C)C(=O)NC1CNCCC1C.Cl. The van der Waals surface area contributed by atoms with Gasteiger partial charge in [0.05, 0.1) is 6.04 Å². The summed E-state index contributed by atoms with van der Waals surface area (Å²) in [5.74, 6) is 0.208. The normalized spacial score (nSPS) is 22.5. The van der Waals surface area contributed by atoms with Crippen molar-refractivity contribution >= 4 is 28.3 Å². The van der Waals surface area contributed by atoms with E-state index in [0.717, 1.165) is 13.0 Å². The second kappa shape index (κ2) is 8.28. The smallest absolute Gasteiger partial charge is 0.246 e. The molecule has 0 spiro atoms. The van der Waals surface area contributed by atoms with Gasteiger partial charge in [-0.25, -0.2) is 8.42 Å². The molecular formula is C14H25ClN4O4S. The van der Waals surface area contributed by atoms with Crippen molar-refractivity contribution in [3.8, 4) is 0 Å². The van der Waals surface area contributed by atoms with Gasteiger partial charge in [0.2, 0.25) is 15.9 Å². The monoisotopic (exact) mass is 380 g/mol. The van der Waals surface area contributed by atoms with Crippen LogP contribution in [0.2, 0.25) is 0 Å². The Morgan fingerprint density at radius 3 is 2.62 bits per heavy atom. The van der Waals surface area contributed by atoms with Crippen LogP contribution in [-0.2, 0) is 14.8 Å². The van der Waals surface area contributed by atoms with Crippen LogP contribution < -0.4 is 15.4 Å². The van der Waals surface area contributed by atoms with Gasteiger partial charge in [-0.2, -0.15) is 4.72 Å². The molecule has 138 valence electrons. The van der Waals surface area contributed by atoms with Crippen LogP contribution in [0.3, 0.4) is 0 Å². The first-order valence-electron chi connectivity index (χ1n) is 7.68. The van der Waals surface area contributed by atoms with E-state index in [9.17, 15) is 13.2 Å². The first-order valence-corrected chi connectivity index (χ1v) is 9.17. The van der Waals surface area contributed by atoms with E-state index in [4.69, 9.17) is 4.52 Å². The zero-order valence-electron chi connectivity index (χ0n) is 14.3. The molecule has 3 unspecified atom stereocenters. The number of nitrogens with zero attached hydrogens (tertiary/aromatic N) is 1. The Balaban J connectivity index is 0.00000288. The van der Waals surface area contributed by atoms with E-state index in [1.165, 1.54) is 13.8 Å². The first-order chi connectivity index (χ1) is 10.7. The second-order valence-corrected chi connectivity index (χ2v) is 7.73. The Morgan fingerprint density at radius 2 is 2.08 bits per heavy atom. The number of halogens is 1. The van der Waals surface area contributed by atoms with Crippen molar-refractivity contribution in [1.29, 1.82) is 0 Å². The van der Waals surface area contributed by atoms with Crippen LogP contribution in [0.4, 0.5) is 0 Å². The molecule has 0 aromatic carbocycles. The molecular weight excluding hydrogens is 356 g/mol. The fraction of sp³-hybridized carbons (Fsp3) is 0.714. The molecule has 1 saturated heterocycles. The topological polar surface area (TPSA) is 113 Å². The van der Waals surface area contributed by atoms with Crippen LogP contribution in [0.25, 0.3) is 0 Å². The molecule has 0 radical (unpaired) electrons. The van der Waals surface area contributed by atoms with E-state index in [1.807, 2.05) is 0 Å². The highest BCUT2D eigenvalue weighted by Gasteiger charge is 2.30. The molecule has 0 aliphatic carbocycles. The lowest BCUT2D eigenvalue weighted by Crippen LogP contribution is -2.54. The summed E-state index contributed by atoms with van der Waals surface area (Å²) >= 11 is 0. The van der Waals surface area contributed by atoms with Gasteiger partial charge in [-0.05, 0) is 39.7 Å². The Hall–Kier alpha value is -1.16. The highest BCUT2D eigenvalue weighted by molar-refractivity contribution is 7.89. The summed E-state index contributed by atoms with van der Waals surface area (Å²) in [6.45, 7) is 8.29.